The van der Waals surface area contributed by atoms with Crippen LogP contribution in [0.2, 0.25) is 0 Å². The lowest BCUT2D eigenvalue weighted by Crippen LogP contribution is -2.40. The topological polar surface area (TPSA) is 57.3 Å². The number of nitrogens with zero attached hydrogens (tertiary/aromatic N) is 2. The number of para-hydroxylation sites is 1. The lowest BCUT2D eigenvalue weighted by Gasteiger charge is -2.31. The first-order chi connectivity index (χ1) is 16.5. The summed E-state index contributed by atoms with van der Waals surface area (Å²) in [5.41, 5.74) is 4.00. The molecule has 0 aliphatic heterocycles. The van der Waals surface area contributed by atoms with Gasteiger partial charge in [0.1, 0.15) is 5.82 Å². The number of hydrogen-bond donors (Lipinski definition) is 2. The number of rotatable bonds is 5. The molecule has 1 aromatic heterocycles. The van der Waals surface area contributed by atoms with Gasteiger partial charge < -0.3 is 15.5 Å². The Hall–Kier alpha value is -2.72. The Balaban J connectivity index is 1.41. The number of hydrogen-bond acceptors (Lipinski definition) is 4. The van der Waals surface area contributed by atoms with E-state index in [9.17, 15) is 9.18 Å². The number of benzene rings is 2. The van der Waals surface area contributed by atoms with E-state index in [0.29, 0.717) is 22.6 Å². The Kier molecular flexibility index (Phi) is 7.32. The number of anilines is 2. The highest BCUT2D eigenvalue weighted by atomic mass is 31.0. The average Bonchev–Trinajstić information content (AvgIpc) is 2.79. The Morgan fingerprint density at radius 3 is 2.34 bits per heavy atom. The summed E-state index contributed by atoms with van der Waals surface area (Å²) in [6.45, 7) is 6.55. The number of carbonyl (C=O) groups excluding carboxylic acids is 1. The monoisotopic (exact) mass is 494 g/mol. The molecule has 1 heterocycles. The van der Waals surface area contributed by atoms with Crippen LogP contribution in [0, 0.1) is 5.82 Å². The van der Waals surface area contributed by atoms with Crippen LogP contribution in [0.1, 0.15) is 62.5 Å². The molecule has 0 bridgehead atoms. The van der Waals surface area contributed by atoms with Gasteiger partial charge in [0.25, 0.3) is 5.91 Å². The summed E-state index contributed by atoms with van der Waals surface area (Å²) in [5, 5.41) is 8.68. The molecule has 1 fully saturated rings. The number of nitrogens with one attached hydrogen (secondary N) is 2. The first kappa shape index (κ1) is 25.4. The summed E-state index contributed by atoms with van der Waals surface area (Å²) >= 11 is 0. The van der Waals surface area contributed by atoms with Crippen LogP contribution >= 0.6 is 9.24 Å². The van der Waals surface area contributed by atoms with Gasteiger partial charge in [0, 0.05) is 53.9 Å². The van der Waals surface area contributed by atoms with Crippen molar-refractivity contribution in [3.8, 4) is 0 Å². The maximum absolute atomic E-state index is 14.5. The summed E-state index contributed by atoms with van der Waals surface area (Å²) in [6, 6.07) is 13.9. The van der Waals surface area contributed by atoms with E-state index in [1.165, 1.54) is 6.07 Å². The molecule has 5 nitrogen and oxygen atoms in total. The molecule has 4 rings (SSSR count). The zero-order valence-corrected chi connectivity index (χ0v) is 22.4. The molecular weight excluding hydrogens is 458 g/mol. The zero-order valence-electron chi connectivity index (χ0n) is 21.3. The van der Waals surface area contributed by atoms with E-state index >= 15 is 0 Å². The number of pyridine rings is 1. The molecule has 1 amide bonds. The van der Waals surface area contributed by atoms with E-state index in [1.54, 1.807) is 25.1 Å². The van der Waals surface area contributed by atoms with Gasteiger partial charge in [0.15, 0.2) is 0 Å². The second kappa shape index (κ2) is 10.1. The molecule has 1 saturated carbocycles. The fourth-order valence-corrected chi connectivity index (χ4v) is 5.35. The van der Waals surface area contributed by atoms with Crippen LogP contribution in [-0.4, -0.2) is 37.1 Å². The molecule has 35 heavy (non-hydrogen) atoms. The normalized spacial score (nSPS) is 18.4. The van der Waals surface area contributed by atoms with Crippen molar-refractivity contribution in [1.29, 1.82) is 0 Å². The van der Waals surface area contributed by atoms with Crippen molar-refractivity contribution in [3.05, 3.63) is 59.5 Å². The van der Waals surface area contributed by atoms with E-state index in [-0.39, 0.29) is 23.2 Å². The Morgan fingerprint density at radius 2 is 1.71 bits per heavy atom. The van der Waals surface area contributed by atoms with Gasteiger partial charge in [-0.2, -0.15) is 0 Å². The minimum absolute atomic E-state index is 0.0382. The predicted octanol–water partition coefficient (Wildman–Crippen LogP) is 5.39. The van der Waals surface area contributed by atoms with Gasteiger partial charge in [-0.05, 0) is 55.3 Å². The number of fused-ring (bicyclic) bond motifs is 1. The summed E-state index contributed by atoms with van der Waals surface area (Å²) in [6.07, 6.45) is 3.67. The number of amides is 1. The molecule has 1 atom stereocenters. The third-order valence-electron chi connectivity index (χ3n) is 6.71. The predicted molar refractivity (Wildman–Crippen MR) is 148 cm³/mol. The third kappa shape index (κ3) is 5.75. The van der Waals surface area contributed by atoms with Crippen LogP contribution in [-0.2, 0) is 5.41 Å². The SMILES string of the molecule is CN(C)c1c(F)cc(C(=O)NC2CCC(Nc3cc(C(C)(C)C)nc4ccccc34)CC2)cc1P. The molecule has 1 aliphatic carbocycles. The van der Waals surface area contributed by atoms with Gasteiger partial charge in [0.2, 0.25) is 0 Å². The van der Waals surface area contributed by atoms with Gasteiger partial charge in [-0.3, -0.25) is 9.78 Å². The number of halogens is 1. The van der Waals surface area contributed by atoms with Crippen LogP contribution < -0.4 is 20.8 Å². The molecule has 0 spiro atoms. The minimum atomic E-state index is -0.389. The summed E-state index contributed by atoms with van der Waals surface area (Å²) in [4.78, 5) is 19.4. The van der Waals surface area contributed by atoms with Gasteiger partial charge >= 0.3 is 0 Å². The van der Waals surface area contributed by atoms with E-state index in [0.717, 1.165) is 48.0 Å². The molecule has 2 N–H and O–H groups in total. The molecule has 3 aromatic rings. The smallest absolute Gasteiger partial charge is 0.251 e. The molecule has 2 aromatic carbocycles. The van der Waals surface area contributed by atoms with Crippen LogP contribution in [0.25, 0.3) is 10.9 Å². The lowest BCUT2D eigenvalue weighted by molar-refractivity contribution is 0.0926. The summed E-state index contributed by atoms with van der Waals surface area (Å²) in [7, 11) is 6.10. The van der Waals surface area contributed by atoms with Gasteiger partial charge in [0.05, 0.1) is 11.2 Å². The molecule has 1 aliphatic rings. The first-order valence-corrected chi connectivity index (χ1v) is 12.8. The third-order valence-corrected chi connectivity index (χ3v) is 7.15. The fraction of sp³-hybridized carbons (Fsp3) is 0.429. The number of carbonyl (C=O) groups is 1. The number of aromatic nitrogens is 1. The summed E-state index contributed by atoms with van der Waals surface area (Å²) in [5.74, 6) is -0.607. The first-order valence-electron chi connectivity index (χ1n) is 12.3. The van der Waals surface area contributed by atoms with E-state index < -0.39 is 0 Å². The lowest BCUT2D eigenvalue weighted by atomic mass is 9.89. The molecule has 1 unspecified atom stereocenters. The van der Waals surface area contributed by atoms with Gasteiger partial charge in [-0.25, -0.2) is 4.39 Å². The molecule has 0 saturated heterocycles. The quantitative estimate of drug-likeness (QED) is 0.467. The highest BCUT2D eigenvalue weighted by Crippen LogP contribution is 2.31. The Labute approximate surface area is 210 Å². The molecule has 7 heteroatoms. The Morgan fingerprint density at radius 1 is 1.06 bits per heavy atom. The van der Waals surface area contributed by atoms with Crippen LogP contribution in [0.3, 0.4) is 0 Å². The van der Waals surface area contributed by atoms with Crippen molar-refractivity contribution in [2.45, 2.75) is 64.0 Å². The van der Waals surface area contributed by atoms with Gasteiger partial charge in [-0.15, -0.1) is 9.24 Å². The highest BCUT2D eigenvalue weighted by molar-refractivity contribution is 7.28. The van der Waals surface area contributed by atoms with Crippen LogP contribution in [0.5, 0.6) is 0 Å². The second-order valence-corrected chi connectivity index (χ2v) is 11.4. The standard InChI is InChI=1S/C28H36FN4OP/c1-28(2,3)25-16-23(20-8-6-7-9-22(20)32-25)30-18-10-12-19(13-11-18)31-27(34)17-14-21(29)26(33(4)5)24(35)15-17/h6-9,14-16,18-19H,10-13,35H2,1-5H3,(H,30,32)(H,31,34). The highest BCUT2D eigenvalue weighted by Gasteiger charge is 2.25. The van der Waals surface area contributed by atoms with Crippen molar-refractivity contribution < 1.29 is 9.18 Å². The van der Waals surface area contributed by atoms with Crippen molar-refractivity contribution >= 4 is 42.7 Å². The second-order valence-electron chi connectivity index (χ2n) is 10.8. The van der Waals surface area contributed by atoms with E-state index in [1.807, 2.05) is 12.1 Å². The van der Waals surface area contributed by atoms with E-state index in [4.69, 9.17) is 4.98 Å². The molecular formula is C28H36FN4OP. The molecule has 0 radical (unpaired) electrons. The Bertz CT molecular complexity index is 1210. The maximum Gasteiger partial charge on any atom is 0.251 e. The zero-order chi connectivity index (χ0) is 25.3. The summed E-state index contributed by atoms with van der Waals surface area (Å²) < 4.78 is 14.5. The fourth-order valence-electron chi connectivity index (χ4n) is 4.77. The average molecular weight is 495 g/mol. The van der Waals surface area contributed by atoms with Crippen LogP contribution in [0.15, 0.2) is 42.5 Å². The minimum Gasteiger partial charge on any atom is -0.382 e. The van der Waals surface area contributed by atoms with Crippen molar-refractivity contribution in [2.75, 3.05) is 24.3 Å². The van der Waals surface area contributed by atoms with Crippen molar-refractivity contribution in [2.24, 2.45) is 0 Å². The molecule has 186 valence electrons. The largest absolute Gasteiger partial charge is 0.382 e. The van der Waals surface area contributed by atoms with Crippen molar-refractivity contribution in [1.82, 2.24) is 10.3 Å². The van der Waals surface area contributed by atoms with Crippen molar-refractivity contribution in [3.63, 3.8) is 0 Å². The maximum atomic E-state index is 14.5. The van der Waals surface area contributed by atoms with Gasteiger partial charge in [-0.1, -0.05) is 39.0 Å². The van der Waals surface area contributed by atoms with E-state index in [2.05, 4.69) is 58.8 Å². The van der Waals surface area contributed by atoms with Crippen LogP contribution in [0.4, 0.5) is 15.8 Å².